The normalized spacial score (nSPS) is 10.8. The van der Waals surface area contributed by atoms with E-state index in [2.05, 4.69) is 11.3 Å². The molecule has 0 aliphatic rings. The molecule has 0 unspecified atom stereocenters. The van der Waals surface area contributed by atoms with Crippen LogP contribution in [-0.4, -0.2) is 28.0 Å². The fourth-order valence-corrected chi connectivity index (χ4v) is 1.01. The molecular formula is C6H15O3Si. The van der Waals surface area contributed by atoms with Crippen molar-refractivity contribution in [2.75, 3.05) is 13.7 Å². The van der Waals surface area contributed by atoms with Crippen LogP contribution in [0.15, 0.2) is 0 Å². The molecule has 0 aliphatic heterocycles. The van der Waals surface area contributed by atoms with Crippen molar-refractivity contribution in [2.24, 2.45) is 0 Å². The zero-order valence-corrected chi connectivity index (χ0v) is 7.59. The van der Waals surface area contributed by atoms with Gasteiger partial charge in [0, 0.05) is 13.7 Å². The van der Waals surface area contributed by atoms with E-state index in [1.165, 1.54) is 13.5 Å². The van der Waals surface area contributed by atoms with Crippen molar-refractivity contribution in [2.45, 2.75) is 26.2 Å². The molecule has 0 aromatic heterocycles. The molecule has 10 heavy (non-hydrogen) atoms. The van der Waals surface area contributed by atoms with Crippen molar-refractivity contribution < 1.29 is 13.6 Å². The van der Waals surface area contributed by atoms with Gasteiger partial charge in [-0.05, 0) is 6.42 Å². The highest BCUT2D eigenvalue weighted by Gasteiger charge is 2.08. The van der Waals surface area contributed by atoms with Crippen LogP contribution in [0, 0.1) is 0 Å². The molecule has 1 radical (unpaired) electrons. The topological polar surface area (TPSA) is 38.7 Å². The molecule has 0 rings (SSSR count). The minimum atomic E-state index is -1.91. The summed E-state index contributed by atoms with van der Waals surface area (Å²) in [6.07, 6.45) is 3.33. The smallest absolute Gasteiger partial charge is 0.387 e. The van der Waals surface area contributed by atoms with Crippen molar-refractivity contribution in [3.63, 3.8) is 0 Å². The Morgan fingerprint density at radius 1 is 1.40 bits per heavy atom. The Morgan fingerprint density at radius 3 is 2.60 bits per heavy atom. The first-order valence-electron chi connectivity index (χ1n) is 3.54. The van der Waals surface area contributed by atoms with Crippen LogP contribution in [0.2, 0.25) is 0 Å². The molecule has 0 spiro atoms. The van der Waals surface area contributed by atoms with Crippen LogP contribution in [0.25, 0.3) is 0 Å². The van der Waals surface area contributed by atoms with E-state index < -0.39 is 9.53 Å². The molecule has 61 valence electrons. The highest BCUT2D eigenvalue weighted by molar-refractivity contribution is 6.34. The summed E-state index contributed by atoms with van der Waals surface area (Å²) in [6, 6.07) is 0. The van der Waals surface area contributed by atoms with Crippen molar-refractivity contribution in [1.82, 2.24) is 0 Å². The second-order valence-corrected chi connectivity index (χ2v) is 3.25. The quantitative estimate of drug-likeness (QED) is 0.465. The zero-order chi connectivity index (χ0) is 7.82. The van der Waals surface area contributed by atoms with Crippen LogP contribution >= 0.6 is 0 Å². The first-order chi connectivity index (χ1) is 4.81. The number of unbranched alkanes of at least 4 members (excludes halogenated alkanes) is 2. The summed E-state index contributed by atoms with van der Waals surface area (Å²) in [7, 11) is -0.457. The monoisotopic (exact) mass is 163 g/mol. The highest BCUT2D eigenvalue weighted by atomic mass is 28.3. The molecule has 0 bridgehead atoms. The summed E-state index contributed by atoms with van der Waals surface area (Å²) < 4.78 is 9.49. The predicted molar refractivity (Wildman–Crippen MR) is 40.5 cm³/mol. The molecule has 0 fully saturated rings. The van der Waals surface area contributed by atoms with Gasteiger partial charge < -0.3 is 13.6 Å². The van der Waals surface area contributed by atoms with E-state index in [0.717, 1.165) is 12.8 Å². The lowest BCUT2D eigenvalue weighted by atomic mass is 10.3. The molecule has 0 amide bonds. The van der Waals surface area contributed by atoms with Gasteiger partial charge in [-0.15, -0.1) is 0 Å². The minimum absolute atomic E-state index is 0.618. The van der Waals surface area contributed by atoms with Crippen LogP contribution in [-0.2, 0) is 8.85 Å². The summed E-state index contributed by atoms with van der Waals surface area (Å²) in [5, 5.41) is 0. The third-order valence-corrected chi connectivity index (χ3v) is 1.95. The highest BCUT2D eigenvalue weighted by Crippen LogP contribution is 1.94. The Balaban J connectivity index is 2.89. The first-order valence-corrected chi connectivity index (χ1v) is 4.80. The molecule has 0 aliphatic carbocycles. The lowest BCUT2D eigenvalue weighted by molar-refractivity contribution is 0.156. The van der Waals surface area contributed by atoms with Gasteiger partial charge in [0.1, 0.15) is 0 Å². The average molecular weight is 163 g/mol. The van der Waals surface area contributed by atoms with Gasteiger partial charge in [-0.2, -0.15) is 0 Å². The average Bonchev–Trinajstić information content (AvgIpc) is 1.98. The van der Waals surface area contributed by atoms with Gasteiger partial charge in [0.15, 0.2) is 0 Å². The van der Waals surface area contributed by atoms with E-state index in [1.807, 2.05) is 0 Å². The van der Waals surface area contributed by atoms with Gasteiger partial charge in [-0.3, -0.25) is 0 Å². The molecule has 0 aromatic rings. The second kappa shape index (κ2) is 7.21. The van der Waals surface area contributed by atoms with Gasteiger partial charge in [-0.25, -0.2) is 0 Å². The maximum absolute atomic E-state index is 8.81. The van der Waals surface area contributed by atoms with Crippen LogP contribution in [0.5, 0.6) is 0 Å². The van der Waals surface area contributed by atoms with E-state index in [9.17, 15) is 0 Å². The fourth-order valence-electron chi connectivity index (χ4n) is 0.570. The summed E-state index contributed by atoms with van der Waals surface area (Å²) in [5.41, 5.74) is 0. The third-order valence-electron chi connectivity index (χ3n) is 1.15. The van der Waals surface area contributed by atoms with Crippen molar-refractivity contribution in [3.8, 4) is 0 Å². The Hall–Kier alpha value is 0.0969. The Morgan fingerprint density at radius 2 is 2.10 bits per heavy atom. The van der Waals surface area contributed by atoms with Gasteiger partial charge >= 0.3 is 9.53 Å². The molecule has 1 N–H and O–H groups in total. The van der Waals surface area contributed by atoms with Crippen LogP contribution in [0.1, 0.15) is 26.2 Å². The molecular weight excluding hydrogens is 148 g/mol. The number of hydrogen-bond donors (Lipinski definition) is 1. The lowest BCUT2D eigenvalue weighted by Crippen LogP contribution is -2.20. The van der Waals surface area contributed by atoms with E-state index in [-0.39, 0.29) is 0 Å². The zero-order valence-electron chi connectivity index (χ0n) is 6.59. The summed E-state index contributed by atoms with van der Waals surface area (Å²) >= 11 is 0. The summed E-state index contributed by atoms with van der Waals surface area (Å²) in [5.74, 6) is 0. The fraction of sp³-hybridized carbons (Fsp3) is 1.00. The van der Waals surface area contributed by atoms with Gasteiger partial charge in [0.05, 0.1) is 0 Å². The van der Waals surface area contributed by atoms with Crippen LogP contribution < -0.4 is 0 Å². The molecule has 0 saturated heterocycles. The Kier molecular flexibility index (Phi) is 7.28. The van der Waals surface area contributed by atoms with Crippen molar-refractivity contribution in [1.29, 1.82) is 0 Å². The first kappa shape index (κ1) is 10.1. The van der Waals surface area contributed by atoms with Crippen molar-refractivity contribution in [3.05, 3.63) is 0 Å². The Bertz CT molecular complexity index is 70.0. The number of rotatable bonds is 6. The van der Waals surface area contributed by atoms with Crippen molar-refractivity contribution >= 4 is 9.53 Å². The summed E-state index contributed by atoms with van der Waals surface area (Å²) in [6.45, 7) is 2.74. The standard InChI is InChI=1S/C6H15O3Si/c1-3-4-5-6-9-10(7)8-2/h7H,3-6H2,1-2H3. The molecule has 0 heterocycles. The van der Waals surface area contributed by atoms with E-state index in [4.69, 9.17) is 9.22 Å². The maximum atomic E-state index is 8.81. The largest absolute Gasteiger partial charge is 0.574 e. The minimum Gasteiger partial charge on any atom is -0.387 e. The number of hydrogen-bond acceptors (Lipinski definition) is 3. The summed E-state index contributed by atoms with van der Waals surface area (Å²) in [4.78, 5) is 8.81. The lowest BCUT2D eigenvalue weighted by Gasteiger charge is -2.03. The molecule has 4 heteroatoms. The van der Waals surface area contributed by atoms with E-state index in [0.29, 0.717) is 6.61 Å². The van der Waals surface area contributed by atoms with E-state index >= 15 is 0 Å². The van der Waals surface area contributed by atoms with Gasteiger partial charge in [-0.1, -0.05) is 19.8 Å². The molecule has 0 atom stereocenters. The second-order valence-electron chi connectivity index (χ2n) is 2.03. The van der Waals surface area contributed by atoms with E-state index in [1.54, 1.807) is 0 Å². The molecule has 0 saturated carbocycles. The van der Waals surface area contributed by atoms with Crippen LogP contribution in [0.3, 0.4) is 0 Å². The van der Waals surface area contributed by atoms with Gasteiger partial charge in [0.2, 0.25) is 0 Å². The molecule has 0 aromatic carbocycles. The SMILES string of the molecule is CCCCCO[Si](O)OC. The molecule has 3 nitrogen and oxygen atoms in total. The Labute approximate surface area is 63.9 Å². The maximum Gasteiger partial charge on any atom is 0.574 e. The predicted octanol–water partition coefficient (Wildman–Crippen LogP) is 0.817. The third kappa shape index (κ3) is 6.22. The van der Waals surface area contributed by atoms with Gasteiger partial charge in [0.25, 0.3) is 0 Å². The van der Waals surface area contributed by atoms with Crippen LogP contribution in [0.4, 0.5) is 0 Å².